The van der Waals surface area contributed by atoms with Gasteiger partial charge in [0.2, 0.25) is 0 Å². The van der Waals surface area contributed by atoms with E-state index in [0.717, 1.165) is 11.1 Å². The van der Waals surface area contributed by atoms with Gasteiger partial charge in [-0.05, 0) is 25.5 Å². The summed E-state index contributed by atoms with van der Waals surface area (Å²) in [6.07, 6.45) is -0.678. The van der Waals surface area contributed by atoms with Crippen LogP contribution >= 0.6 is 0 Å². The van der Waals surface area contributed by atoms with Gasteiger partial charge in [0.1, 0.15) is 36.6 Å². The molecule has 4 aliphatic heterocycles. The molecule has 3 fully saturated rings. The van der Waals surface area contributed by atoms with E-state index in [1.54, 1.807) is 7.11 Å². The van der Waals surface area contributed by atoms with Crippen LogP contribution in [0.15, 0.2) is 72.8 Å². The fourth-order valence-electron chi connectivity index (χ4n) is 5.36. The average Bonchev–Trinajstić information content (AvgIpc) is 2.96. The highest BCUT2D eigenvalue weighted by Gasteiger charge is 2.52. The first-order valence-electron chi connectivity index (χ1n) is 13.5. The summed E-state index contributed by atoms with van der Waals surface area (Å²) >= 11 is 0. The minimum atomic E-state index is -0.722. The van der Waals surface area contributed by atoms with Crippen molar-refractivity contribution in [3.63, 3.8) is 0 Å². The molecule has 0 bridgehead atoms. The Balaban J connectivity index is 1.24. The van der Waals surface area contributed by atoms with Crippen LogP contribution in [0.1, 0.15) is 31.3 Å². The van der Waals surface area contributed by atoms with E-state index in [1.165, 1.54) is 0 Å². The number of hydrogen-bond donors (Lipinski definition) is 0. The van der Waals surface area contributed by atoms with Crippen molar-refractivity contribution in [3.05, 3.63) is 83.9 Å². The maximum Gasteiger partial charge on any atom is 0.186 e. The lowest BCUT2D eigenvalue weighted by molar-refractivity contribution is -0.384. The summed E-state index contributed by atoms with van der Waals surface area (Å²) in [5.74, 6) is -0.665. The van der Waals surface area contributed by atoms with Crippen molar-refractivity contribution in [3.8, 4) is 0 Å². The number of ether oxygens (including phenoxy) is 9. The second-order valence-corrected chi connectivity index (χ2v) is 10.5. The lowest BCUT2D eigenvalue weighted by Crippen LogP contribution is -2.64. The minimum absolute atomic E-state index is 0.214. The predicted molar refractivity (Wildman–Crippen MR) is 138 cm³/mol. The molecule has 6 rings (SSSR count). The molecule has 0 aromatic heterocycles. The zero-order valence-corrected chi connectivity index (χ0v) is 22.4. The molecule has 0 spiro atoms. The molecular weight excluding hydrogens is 504 g/mol. The van der Waals surface area contributed by atoms with E-state index in [4.69, 9.17) is 42.6 Å². The summed E-state index contributed by atoms with van der Waals surface area (Å²) in [6, 6.07) is 19.8. The van der Waals surface area contributed by atoms with Gasteiger partial charge in [0, 0.05) is 12.7 Å². The van der Waals surface area contributed by atoms with Gasteiger partial charge in [-0.25, -0.2) is 0 Å². The molecule has 0 saturated carbocycles. The fourth-order valence-corrected chi connectivity index (χ4v) is 5.36. The number of benzene rings is 2. The first-order valence-corrected chi connectivity index (χ1v) is 13.5. The maximum absolute atomic E-state index is 6.55. The van der Waals surface area contributed by atoms with Gasteiger partial charge in [0.25, 0.3) is 0 Å². The van der Waals surface area contributed by atoms with Crippen LogP contribution in [-0.2, 0) is 49.2 Å². The number of methoxy groups -OCH3 is 1. The second kappa shape index (κ2) is 11.7. The van der Waals surface area contributed by atoms with E-state index < -0.39 is 49.1 Å². The van der Waals surface area contributed by atoms with Crippen LogP contribution in [0.3, 0.4) is 0 Å². The van der Waals surface area contributed by atoms with Gasteiger partial charge in [-0.15, -0.1) is 0 Å². The van der Waals surface area contributed by atoms with E-state index in [2.05, 4.69) is 0 Å². The standard InChI is InChI=1S/C30H36O9/c1-30(2)34-18-22-21(39-30)14-15-24(35-22)37-27-26(32-16-19-10-6-4-7-11-19)25-23(36-29(27)31-3)17-33-28(38-25)20-12-8-5-9-13-20/h4-15,21-29H,16-18H2,1-3H3/t21-,22+,23+,24-,25+,26-,27+,28?,29-/m0/s1. The molecule has 0 N–H and O–H groups in total. The highest BCUT2D eigenvalue weighted by molar-refractivity contribution is 5.17. The van der Waals surface area contributed by atoms with Crippen molar-refractivity contribution in [1.82, 2.24) is 0 Å². The predicted octanol–water partition coefficient (Wildman–Crippen LogP) is 3.88. The largest absolute Gasteiger partial charge is 0.368 e. The molecular formula is C30H36O9. The van der Waals surface area contributed by atoms with Gasteiger partial charge in [0.15, 0.2) is 24.7 Å². The summed E-state index contributed by atoms with van der Waals surface area (Å²) in [5.41, 5.74) is 1.96. The van der Waals surface area contributed by atoms with Crippen molar-refractivity contribution >= 4 is 0 Å². The molecule has 0 aliphatic carbocycles. The SMILES string of the molecule is CO[C@H]1O[C@@H]2COC(c3ccccc3)O[C@H]2[C@H](OCc2ccccc2)[C@H]1O[C@H]1C=C[C@@H]2OC(C)(C)OC[C@H]2O1. The smallest absolute Gasteiger partial charge is 0.186 e. The highest BCUT2D eigenvalue weighted by atomic mass is 16.8. The van der Waals surface area contributed by atoms with E-state index in [9.17, 15) is 0 Å². The minimum Gasteiger partial charge on any atom is -0.368 e. The fraction of sp³-hybridized carbons (Fsp3) is 0.533. The Hall–Kier alpha value is -2.18. The molecule has 2 aromatic rings. The van der Waals surface area contributed by atoms with Crippen molar-refractivity contribution in [1.29, 1.82) is 0 Å². The van der Waals surface area contributed by atoms with Gasteiger partial charge in [-0.1, -0.05) is 66.7 Å². The third-order valence-corrected chi connectivity index (χ3v) is 7.31. The first kappa shape index (κ1) is 27.0. The van der Waals surface area contributed by atoms with Gasteiger partial charge < -0.3 is 42.6 Å². The Labute approximate surface area is 228 Å². The van der Waals surface area contributed by atoms with Gasteiger partial charge in [-0.3, -0.25) is 0 Å². The summed E-state index contributed by atoms with van der Waals surface area (Å²) in [7, 11) is 1.59. The van der Waals surface area contributed by atoms with Gasteiger partial charge in [-0.2, -0.15) is 0 Å². The molecule has 9 heteroatoms. The Morgan fingerprint density at radius 1 is 0.846 bits per heavy atom. The first-order chi connectivity index (χ1) is 19.0. The number of hydrogen-bond acceptors (Lipinski definition) is 9. The van der Waals surface area contributed by atoms with Crippen LogP contribution < -0.4 is 0 Å². The van der Waals surface area contributed by atoms with Crippen molar-refractivity contribution in [2.45, 2.75) is 81.7 Å². The highest BCUT2D eigenvalue weighted by Crippen LogP contribution is 2.38. The Kier molecular flexibility index (Phi) is 8.13. The topological polar surface area (TPSA) is 83.1 Å². The van der Waals surface area contributed by atoms with E-state index in [0.29, 0.717) is 19.8 Å². The Morgan fingerprint density at radius 2 is 1.62 bits per heavy atom. The number of rotatable bonds is 7. The van der Waals surface area contributed by atoms with Crippen LogP contribution in [0, 0.1) is 0 Å². The van der Waals surface area contributed by atoms with E-state index >= 15 is 0 Å². The maximum atomic E-state index is 6.55. The van der Waals surface area contributed by atoms with Gasteiger partial charge in [0.05, 0.1) is 19.8 Å². The Bertz CT molecular complexity index is 1090. The lowest BCUT2D eigenvalue weighted by atomic mass is 9.97. The van der Waals surface area contributed by atoms with Crippen LogP contribution in [0.25, 0.3) is 0 Å². The van der Waals surface area contributed by atoms with E-state index in [1.807, 2.05) is 86.7 Å². The third-order valence-electron chi connectivity index (χ3n) is 7.31. The van der Waals surface area contributed by atoms with E-state index in [-0.39, 0.29) is 12.2 Å². The molecule has 4 aliphatic rings. The molecule has 9 atom stereocenters. The quantitative estimate of drug-likeness (QED) is 0.486. The number of fused-ring (bicyclic) bond motifs is 2. The molecule has 4 heterocycles. The molecule has 2 aromatic carbocycles. The van der Waals surface area contributed by atoms with Gasteiger partial charge >= 0.3 is 0 Å². The average molecular weight is 541 g/mol. The molecule has 0 radical (unpaired) electrons. The van der Waals surface area contributed by atoms with Crippen LogP contribution in [0.4, 0.5) is 0 Å². The summed E-state index contributed by atoms with van der Waals surface area (Å²) in [6.45, 7) is 4.88. The molecule has 210 valence electrons. The summed E-state index contributed by atoms with van der Waals surface area (Å²) in [4.78, 5) is 0. The Morgan fingerprint density at radius 3 is 2.38 bits per heavy atom. The third kappa shape index (κ3) is 6.12. The molecule has 3 saturated heterocycles. The van der Waals surface area contributed by atoms with Crippen molar-refractivity contribution in [2.75, 3.05) is 20.3 Å². The monoisotopic (exact) mass is 540 g/mol. The van der Waals surface area contributed by atoms with Crippen LogP contribution in [0.5, 0.6) is 0 Å². The van der Waals surface area contributed by atoms with Crippen molar-refractivity contribution < 1.29 is 42.6 Å². The molecule has 0 amide bonds. The molecule has 39 heavy (non-hydrogen) atoms. The second-order valence-electron chi connectivity index (χ2n) is 10.5. The summed E-state index contributed by atoms with van der Waals surface area (Å²) in [5, 5.41) is 0. The normalized spacial score (nSPS) is 37.6. The zero-order chi connectivity index (χ0) is 26.8. The molecule has 9 nitrogen and oxygen atoms in total. The molecule has 1 unspecified atom stereocenters. The van der Waals surface area contributed by atoms with Crippen molar-refractivity contribution in [2.24, 2.45) is 0 Å². The zero-order valence-electron chi connectivity index (χ0n) is 22.4. The lowest BCUT2D eigenvalue weighted by Gasteiger charge is -2.49. The van der Waals surface area contributed by atoms with Crippen LogP contribution in [0.2, 0.25) is 0 Å². The van der Waals surface area contributed by atoms with Crippen LogP contribution in [-0.4, -0.2) is 75.3 Å². The summed E-state index contributed by atoms with van der Waals surface area (Å²) < 4.78 is 55.7.